The summed E-state index contributed by atoms with van der Waals surface area (Å²) in [6.07, 6.45) is 3.18. The van der Waals surface area contributed by atoms with Gasteiger partial charge in [0.2, 0.25) is 5.88 Å². The molecule has 0 radical (unpaired) electrons. The lowest BCUT2D eigenvalue weighted by Gasteiger charge is -2.38. The van der Waals surface area contributed by atoms with Crippen LogP contribution in [-0.2, 0) is 4.74 Å². The molecular weight excluding hydrogens is 308 g/mol. The third-order valence-corrected chi connectivity index (χ3v) is 3.87. The van der Waals surface area contributed by atoms with Gasteiger partial charge in [-0.05, 0) is 40.5 Å². The Kier molecular flexibility index (Phi) is 5.85. The Morgan fingerprint density at radius 1 is 1.42 bits per heavy atom. The molecule has 2 rings (SSSR count). The first-order valence-corrected chi connectivity index (χ1v) is 8.45. The molecule has 1 aliphatic rings. The fourth-order valence-electron chi connectivity index (χ4n) is 2.69. The number of nitrogens with zero attached hydrogens (tertiary/aromatic N) is 4. The number of piperidine rings is 1. The summed E-state index contributed by atoms with van der Waals surface area (Å²) in [7, 11) is 1.80. The van der Waals surface area contributed by atoms with Crippen molar-refractivity contribution in [1.82, 2.24) is 14.9 Å². The normalized spacial score (nSPS) is 18.2. The number of rotatable bonds is 4. The van der Waals surface area contributed by atoms with Crippen molar-refractivity contribution in [3.63, 3.8) is 0 Å². The van der Waals surface area contributed by atoms with E-state index >= 15 is 0 Å². The van der Waals surface area contributed by atoms with Gasteiger partial charge in [0.05, 0.1) is 12.6 Å². The lowest BCUT2D eigenvalue weighted by atomic mass is 10.0. The SMILES string of the molecule is CCOc1cc(N2CCC[C@@H](N(C)C(=O)OC(C)(C)C)C2)ncn1. The summed E-state index contributed by atoms with van der Waals surface area (Å²) in [4.78, 5) is 24.6. The van der Waals surface area contributed by atoms with E-state index in [1.807, 2.05) is 33.8 Å². The Hall–Kier alpha value is -2.05. The van der Waals surface area contributed by atoms with Crippen LogP contribution in [0.4, 0.5) is 10.6 Å². The maximum Gasteiger partial charge on any atom is 0.410 e. The number of hydrogen-bond acceptors (Lipinski definition) is 6. The highest BCUT2D eigenvalue weighted by Crippen LogP contribution is 2.23. The number of amides is 1. The van der Waals surface area contributed by atoms with Gasteiger partial charge in [-0.3, -0.25) is 0 Å². The van der Waals surface area contributed by atoms with E-state index < -0.39 is 5.60 Å². The third kappa shape index (κ3) is 4.97. The highest BCUT2D eigenvalue weighted by molar-refractivity contribution is 5.68. The number of hydrogen-bond donors (Lipinski definition) is 0. The molecule has 0 N–H and O–H groups in total. The van der Waals surface area contributed by atoms with Gasteiger partial charge in [-0.15, -0.1) is 0 Å². The van der Waals surface area contributed by atoms with Crippen molar-refractivity contribution in [1.29, 1.82) is 0 Å². The highest BCUT2D eigenvalue weighted by Gasteiger charge is 2.29. The second-order valence-corrected chi connectivity index (χ2v) is 6.98. The summed E-state index contributed by atoms with van der Waals surface area (Å²) in [6, 6.07) is 1.94. The molecule has 7 nitrogen and oxygen atoms in total. The van der Waals surface area contributed by atoms with E-state index in [9.17, 15) is 4.79 Å². The highest BCUT2D eigenvalue weighted by atomic mass is 16.6. The van der Waals surface area contributed by atoms with Crippen molar-refractivity contribution >= 4 is 11.9 Å². The molecule has 1 saturated heterocycles. The molecule has 0 aromatic carbocycles. The van der Waals surface area contributed by atoms with Crippen LogP contribution in [0.5, 0.6) is 5.88 Å². The molecule has 0 saturated carbocycles. The predicted molar refractivity (Wildman–Crippen MR) is 92.4 cm³/mol. The number of carbonyl (C=O) groups excluding carboxylic acids is 1. The van der Waals surface area contributed by atoms with Gasteiger partial charge in [-0.1, -0.05) is 0 Å². The maximum atomic E-state index is 12.3. The van der Waals surface area contributed by atoms with E-state index in [-0.39, 0.29) is 12.1 Å². The van der Waals surface area contributed by atoms with E-state index in [0.717, 1.165) is 31.7 Å². The standard InChI is InChI=1S/C17H28N4O3/c1-6-23-15-10-14(18-12-19-15)21-9-7-8-13(11-21)20(5)16(22)24-17(2,3)4/h10,12-13H,6-9,11H2,1-5H3/t13-/m1/s1. The Morgan fingerprint density at radius 2 is 2.17 bits per heavy atom. The number of aromatic nitrogens is 2. The van der Waals surface area contributed by atoms with Gasteiger partial charge < -0.3 is 19.3 Å². The Labute approximate surface area is 144 Å². The Bertz CT molecular complexity index is 559. The smallest absolute Gasteiger partial charge is 0.410 e. The first-order valence-electron chi connectivity index (χ1n) is 8.45. The minimum Gasteiger partial charge on any atom is -0.478 e. The van der Waals surface area contributed by atoms with E-state index in [2.05, 4.69) is 14.9 Å². The molecule has 0 spiro atoms. The predicted octanol–water partition coefficient (Wildman–Crippen LogP) is 2.71. The van der Waals surface area contributed by atoms with Crippen LogP contribution in [0.15, 0.2) is 12.4 Å². The first-order chi connectivity index (χ1) is 11.3. The van der Waals surface area contributed by atoms with Gasteiger partial charge in [0, 0.05) is 26.2 Å². The molecule has 1 atom stereocenters. The zero-order valence-electron chi connectivity index (χ0n) is 15.3. The molecule has 1 aliphatic heterocycles. The molecular formula is C17H28N4O3. The summed E-state index contributed by atoms with van der Waals surface area (Å²) < 4.78 is 10.9. The van der Waals surface area contributed by atoms with Gasteiger partial charge in [0.15, 0.2) is 0 Å². The summed E-state index contributed by atoms with van der Waals surface area (Å²) in [5.74, 6) is 1.40. The quantitative estimate of drug-likeness (QED) is 0.842. The van der Waals surface area contributed by atoms with Crippen molar-refractivity contribution in [2.75, 3.05) is 31.6 Å². The molecule has 0 bridgehead atoms. The molecule has 24 heavy (non-hydrogen) atoms. The number of likely N-dealkylation sites (N-methyl/N-ethyl adjacent to an activating group) is 1. The minimum absolute atomic E-state index is 0.0964. The average molecular weight is 336 g/mol. The summed E-state index contributed by atoms with van der Waals surface area (Å²) in [5.41, 5.74) is -0.487. The zero-order valence-corrected chi connectivity index (χ0v) is 15.3. The van der Waals surface area contributed by atoms with Crippen molar-refractivity contribution in [2.24, 2.45) is 0 Å². The van der Waals surface area contributed by atoms with Crippen LogP contribution in [0.3, 0.4) is 0 Å². The van der Waals surface area contributed by atoms with E-state index in [4.69, 9.17) is 9.47 Å². The fraction of sp³-hybridized carbons (Fsp3) is 0.706. The van der Waals surface area contributed by atoms with Gasteiger partial charge in [0.1, 0.15) is 17.7 Å². The first kappa shape index (κ1) is 18.3. The van der Waals surface area contributed by atoms with Crippen LogP contribution in [0.25, 0.3) is 0 Å². The number of carbonyl (C=O) groups is 1. The minimum atomic E-state index is -0.487. The molecule has 1 aromatic heterocycles. The van der Waals surface area contributed by atoms with Gasteiger partial charge >= 0.3 is 6.09 Å². The topological polar surface area (TPSA) is 67.8 Å². The molecule has 1 aromatic rings. The summed E-state index contributed by atoms with van der Waals surface area (Å²) >= 11 is 0. The lowest BCUT2D eigenvalue weighted by Crippen LogP contribution is -2.50. The second-order valence-electron chi connectivity index (χ2n) is 6.98. The third-order valence-electron chi connectivity index (χ3n) is 3.87. The van der Waals surface area contributed by atoms with Crippen LogP contribution >= 0.6 is 0 Å². The van der Waals surface area contributed by atoms with Crippen LogP contribution < -0.4 is 9.64 Å². The maximum absolute atomic E-state index is 12.3. The monoisotopic (exact) mass is 336 g/mol. The lowest BCUT2D eigenvalue weighted by molar-refractivity contribution is 0.0209. The van der Waals surface area contributed by atoms with Crippen LogP contribution in [-0.4, -0.2) is 59.3 Å². The van der Waals surface area contributed by atoms with Crippen molar-refractivity contribution in [2.45, 2.75) is 52.2 Å². The number of ether oxygens (including phenoxy) is 2. The molecule has 2 heterocycles. The largest absolute Gasteiger partial charge is 0.478 e. The van der Waals surface area contributed by atoms with Gasteiger partial charge in [0.25, 0.3) is 0 Å². The zero-order chi connectivity index (χ0) is 17.7. The van der Waals surface area contributed by atoms with Crippen molar-refractivity contribution < 1.29 is 14.3 Å². The summed E-state index contributed by atoms with van der Waals surface area (Å²) in [5, 5.41) is 0. The van der Waals surface area contributed by atoms with Crippen LogP contribution in [0, 0.1) is 0 Å². The summed E-state index contributed by atoms with van der Waals surface area (Å²) in [6.45, 7) is 9.75. The van der Waals surface area contributed by atoms with Gasteiger partial charge in [-0.25, -0.2) is 14.8 Å². The van der Waals surface area contributed by atoms with E-state index in [1.165, 1.54) is 6.33 Å². The Morgan fingerprint density at radius 3 is 2.83 bits per heavy atom. The molecule has 0 aliphatic carbocycles. The second kappa shape index (κ2) is 7.68. The Balaban J connectivity index is 2.03. The van der Waals surface area contributed by atoms with Crippen molar-refractivity contribution in [3.05, 3.63) is 12.4 Å². The van der Waals surface area contributed by atoms with Gasteiger partial charge in [-0.2, -0.15) is 0 Å². The fourth-order valence-corrected chi connectivity index (χ4v) is 2.69. The number of anilines is 1. The van der Waals surface area contributed by atoms with E-state index in [1.54, 1.807) is 11.9 Å². The molecule has 1 amide bonds. The molecule has 1 fully saturated rings. The average Bonchev–Trinajstić information content (AvgIpc) is 2.53. The van der Waals surface area contributed by atoms with Crippen molar-refractivity contribution in [3.8, 4) is 5.88 Å². The molecule has 0 unspecified atom stereocenters. The van der Waals surface area contributed by atoms with Crippen LogP contribution in [0.1, 0.15) is 40.5 Å². The van der Waals surface area contributed by atoms with E-state index in [0.29, 0.717) is 12.5 Å². The molecule has 7 heteroatoms. The molecule has 134 valence electrons. The van der Waals surface area contributed by atoms with Crippen LogP contribution in [0.2, 0.25) is 0 Å².